The highest BCUT2D eigenvalue weighted by Crippen LogP contribution is 2.20. The number of pyridine rings is 1. The molecule has 0 bridgehead atoms. The Hall–Kier alpha value is -3.98. The second-order valence-electron chi connectivity index (χ2n) is 8.30. The maximum Gasteiger partial charge on any atom is 0.409 e. The number of nitrogens with zero attached hydrogens (tertiary/aromatic N) is 4. The topological polar surface area (TPSA) is 96.3 Å². The molecule has 5 rings (SSSR count). The smallest absolute Gasteiger partial charge is 0.409 e. The summed E-state index contributed by atoms with van der Waals surface area (Å²) in [4.78, 5) is 46.3. The van der Waals surface area contributed by atoms with E-state index in [1.165, 1.54) is 11.5 Å². The van der Waals surface area contributed by atoms with Crippen LogP contribution in [0.3, 0.4) is 0 Å². The van der Waals surface area contributed by atoms with Gasteiger partial charge in [-0.2, -0.15) is 0 Å². The van der Waals surface area contributed by atoms with Gasteiger partial charge in [-0.25, -0.2) is 9.78 Å². The van der Waals surface area contributed by atoms with E-state index in [4.69, 9.17) is 4.74 Å². The van der Waals surface area contributed by atoms with Gasteiger partial charge in [-0.15, -0.1) is 0 Å². The number of amides is 2. The summed E-state index contributed by atoms with van der Waals surface area (Å²) in [6, 6.07) is 14.9. The number of hydrogen-bond donors (Lipinski definition) is 1. The number of aromatic nitrogens is 2. The van der Waals surface area contributed by atoms with Crippen molar-refractivity contribution < 1.29 is 14.3 Å². The van der Waals surface area contributed by atoms with Crippen LogP contribution in [0, 0.1) is 0 Å². The molecular weight excluding hydrogens is 434 g/mol. The molecule has 1 aliphatic heterocycles. The van der Waals surface area contributed by atoms with Crippen molar-refractivity contribution in [2.75, 3.05) is 46.4 Å². The summed E-state index contributed by atoms with van der Waals surface area (Å²) < 4.78 is 6.19. The normalized spacial score (nSPS) is 14.6. The second-order valence-corrected chi connectivity index (χ2v) is 8.30. The highest BCUT2D eigenvalue weighted by Gasteiger charge is 2.21. The molecule has 0 atom stereocenters. The lowest BCUT2D eigenvalue weighted by molar-refractivity contribution is 0.0885. The Morgan fingerprint density at radius 3 is 2.50 bits per heavy atom. The molecule has 1 saturated heterocycles. The van der Waals surface area contributed by atoms with E-state index in [1.54, 1.807) is 23.2 Å². The minimum Gasteiger partial charge on any atom is -0.453 e. The van der Waals surface area contributed by atoms with Gasteiger partial charge >= 0.3 is 6.09 Å². The van der Waals surface area contributed by atoms with E-state index < -0.39 is 0 Å². The number of rotatable bonds is 4. The predicted octanol–water partition coefficient (Wildman–Crippen LogP) is 2.11. The largest absolute Gasteiger partial charge is 0.453 e. The summed E-state index contributed by atoms with van der Waals surface area (Å²) in [6.45, 7) is 3.73. The minimum absolute atomic E-state index is 0.205. The third-order valence-electron chi connectivity index (χ3n) is 6.27. The van der Waals surface area contributed by atoms with Crippen LogP contribution in [0.2, 0.25) is 0 Å². The van der Waals surface area contributed by atoms with Gasteiger partial charge < -0.3 is 15.0 Å². The number of benzene rings is 2. The number of nitrogens with one attached hydrogen (secondary N) is 1. The first kappa shape index (κ1) is 21.8. The molecule has 1 aliphatic rings. The van der Waals surface area contributed by atoms with Gasteiger partial charge in [0.2, 0.25) is 0 Å². The molecule has 2 aromatic heterocycles. The highest BCUT2D eigenvalue weighted by molar-refractivity contribution is 6.02. The average molecular weight is 460 g/mol. The van der Waals surface area contributed by atoms with Crippen LogP contribution >= 0.6 is 0 Å². The molecule has 2 aromatic carbocycles. The summed E-state index contributed by atoms with van der Waals surface area (Å²) in [5, 5.41) is 5.41. The molecule has 0 aliphatic carbocycles. The zero-order valence-electron chi connectivity index (χ0n) is 18.9. The summed E-state index contributed by atoms with van der Waals surface area (Å²) in [5.41, 5.74) is 1.04. The fourth-order valence-corrected chi connectivity index (χ4v) is 4.40. The molecule has 9 nitrogen and oxygen atoms in total. The van der Waals surface area contributed by atoms with Crippen molar-refractivity contribution >= 4 is 39.3 Å². The van der Waals surface area contributed by atoms with Crippen LogP contribution < -0.4 is 10.9 Å². The van der Waals surface area contributed by atoms with Crippen LogP contribution in [0.4, 0.5) is 4.79 Å². The predicted molar refractivity (Wildman–Crippen MR) is 129 cm³/mol. The van der Waals surface area contributed by atoms with E-state index in [1.807, 2.05) is 36.4 Å². The van der Waals surface area contributed by atoms with Crippen molar-refractivity contribution in [3.8, 4) is 0 Å². The zero-order valence-corrected chi connectivity index (χ0v) is 18.9. The number of carbonyl (C=O) groups is 2. The monoisotopic (exact) mass is 459 g/mol. The van der Waals surface area contributed by atoms with Crippen LogP contribution in [-0.2, 0) is 4.74 Å². The van der Waals surface area contributed by atoms with Gasteiger partial charge in [0.15, 0.2) is 5.65 Å². The Morgan fingerprint density at radius 2 is 1.76 bits per heavy atom. The number of piperazine rings is 1. The number of ether oxygens (including phenoxy) is 1. The molecule has 4 aromatic rings. The van der Waals surface area contributed by atoms with Gasteiger partial charge in [0.05, 0.1) is 23.6 Å². The average Bonchev–Trinajstić information content (AvgIpc) is 2.87. The lowest BCUT2D eigenvalue weighted by Crippen LogP contribution is -2.50. The van der Waals surface area contributed by atoms with Gasteiger partial charge in [0, 0.05) is 45.5 Å². The van der Waals surface area contributed by atoms with Crippen LogP contribution in [-0.4, -0.2) is 77.6 Å². The number of fused-ring (bicyclic) bond motifs is 3. The highest BCUT2D eigenvalue weighted by atomic mass is 16.5. The fraction of sp³-hybridized carbons (Fsp3) is 0.280. The van der Waals surface area contributed by atoms with Crippen molar-refractivity contribution in [3.05, 3.63) is 70.6 Å². The quantitative estimate of drug-likeness (QED) is 0.470. The third kappa shape index (κ3) is 4.06. The van der Waals surface area contributed by atoms with Gasteiger partial charge in [-0.3, -0.25) is 18.9 Å². The van der Waals surface area contributed by atoms with Gasteiger partial charge in [0.25, 0.3) is 11.5 Å². The second kappa shape index (κ2) is 9.11. The van der Waals surface area contributed by atoms with Crippen molar-refractivity contribution in [2.45, 2.75) is 0 Å². The van der Waals surface area contributed by atoms with E-state index in [-0.39, 0.29) is 17.6 Å². The molecule has 174 valence electrons. The van der Waals surface area contributed by atoms with E-state index in [2.05, 4.69) is 15.2 Å². The summed E-state index contributed by atoms with van der Waals surface area (Å²) in [6.07, 6.45) is 1.32. The molecule has 1 N–H and O–H groups in total. The first-order valence-electron chi connectivity index (χ1n) is 11.2. The van der Waals surface area contributed by atoms with Gasteiger partial charge in [0.1, 0.15) is 0 Å². The Balaban J connectivity index is 1.34. The lowest BCUT2D eigenvalue weighted by atomic mass is 10.1. The maximum atomic E-state index is 13.2. The molecular formula is C25H25N5O4. The first-order valence-corrected chi connectivity index (χ1v) is 11.2. The third-order valence-corrected chi connectivity index (χ3v) is 6.27. The fourth-order valence-electron chi connectivity index (χ4n) is 4.40. The summed E-state index contributed by atoms with van der Waals surface area (Å²) in [5.74, 6) is -0.279. The first-order chi connectivity index (χ1) is 16.5. The van der Waals surface area contributed by atoms with Gasteiger partial charge in [-0.05, 0) is 35.0 Å². The van der Waals surface area contributed by atoms with E-state index in [0.29, 0.717) is 48.3 Å². The van der Waals surface area contributed by atoms with Crippen molar-refractivity contribution in [2.24, 2.45) is 0 Å². The molecule has 9 heteroatoms. The molecule has 0 unspecified atom stereocenters. The number of methoxy groups -OCH3 is 1. The Kier molecular flexibility index (Phi) is 5.85. The molecule has 2 amide bonds. The molecule has 34 heavy (non-hydrogen) atoms. The summed E-state index contributed by atoms with van der Waals surface area (Å²) in [7, 11) is 1.38. The molecule has 0 spiro atoms. The SMILES string of the molecule is COC(=O)N1CCN(CCNC(=O)c2cccn3c(=O)c4cc5ccccc5cc4nc23)CC1. The van der Waals surface area contributed by atoms with Crippen molar-refractivity contribution in [3.63, 3.8) is 0 Å². The standard InChI is InChI=1S/C25H25N5O4/c1-34-25(33)29-13-11-28(12-14-29)10-8-26-23(31)19-7-4-9-30-22(19)27-21-16-18-6-3-2-5-17(18)15-20(21)24(30)32/h2-7,9,15-16H,8,10-14H2,1H3,(H,26,31). The number of hydrogen-bond acceptors (Lipinski definition) is 6. The molecule has 0 saturated carbocycles. The Bertz CT molecular complexity index is 1460. The Morgan fingerprint density at radius 1 is 1.03 bits per heavy atom. The minimum atomic E-state index is -0.313. The molecule has 1 fully saturated rings. The van der Waals surface area contributed by atoms with Crippen LogP contribution in [0.25, 0.3) is 27.3 Å². The molecule has 3 heterocycles. The summed E-state index contributed by atoms with van der Waals surface area (Å²) >= 11 is 0. The van der Waals surface area contributed by atoms with E-state index in [9.17, 15) is 14.4 Å². The van der Waals surface area contributed by atoms with E-state index >= 15 is 0 Å². The van der Waals surface area contributed by atoms with Gasteiger partial charge in [-0.1, -0.05) is 24.3 Å². The Labute approximate surface area is 195 Å². The zero-order chi connectivity index (χ0) is 23.7. The van der Waals surface area contributed by atoms with E-state index in [0.717, 1.165) is 23.9 Å². The van der Waals surface area contributed by atoms with Crippen molar-refractivity contribution in [1.82, 2.24) is 24.5 Å². The van der Waals surface area contributed by atoms with Crippen LogP contribution in [0.1, 0.15) is 10.4 Å². The van der Waals surface area contributed by atoms with Crippen LogP contribution in [0.5, 0.6) is 0 Å². The maximum absolute atomic E-state index is 13.2. The van der Waals surface area contributed by atoms with Crippen molar-refractivity contribution in [1.29, 1.82) is 0 Å². The lowest BCUT2D eigenvalue weighted by Gasteiger charge is -2.33. The molecule has 0 radical (unpaired) electrons. The van der Waals surface area contributed by atoms with Crippen LogP contribution in [0.15, 0.2) is 59.5 Å². The number of carbonyl (C=O) groups excluding carboxylic acids is 2.